The number of halogens is 2. The van der Waals surface area contributed by atoms with Crippen LogP contribution in [0, 0.1) is 0 Å². The Hall–Kier alpha value is -1.85. The minimum absolute atomic E-state index is 0.381. The number of rotatable bonds is 3. The van der Waals surface area contributed by atoms with Crippen LogP contribution in [0.15, 0.2) is 24.3 Å². The molecule has 1 aromatic carbocycles. The lowest BCUT2D eigenvalue weighted by Gasteiger charge is -2.27. The van der Waals surface area contributed by atoms with Crippen LogP contribution in [0.5, 0.6) is 0 Å². The number of carbonyl (C=O) groups excluding carboxylic acids is 1. The van der Waals surface area contributed by atoms with Crippen molar-refractivity contribution in [2.75, 3.05) is 23.7 Å². The summed E-state index contributed by atoms with van der Waals surface area (Å²) in [5.74, 6) is -0.424. The first-order chi connectivity index (χ1) is 8.16. The molecule has 0 radical (unpaired) electrons. The van der Waals surface area contributed by atoms with E-state index in [0.717, 1.165) is 11.4 Å². The molecule has 0 aliphatic carbocycles. The Balaban J connectivity index is 1.95. The average Bonchev–Trinajstić information content (AvgIpc) is 2.35. The molecule has 1 aliphatic heterocycles. The fourth-order valence-corrected chi connectivity index (χ4v) is 1.67. The number of benzene rings is 1. The van der Waals surface area contributed by atoms with Gasteiger partial charge in [-0.15, -0.1) is 0 Å². The molecule has 17 heavy (non-hydrogen) atoms. The molecule has 1 atom stereocenters. The highest BCUT2D eigenvalue weighted by Gasteiger charge is 2.23. The summed E-state index contributed by atoms with van der Waals surface area (Å²) < 4.78 is 23.9. The number of hydrogen-bond donors (Lipinski definition) is 3. The van der Waals surface area contributed by atoms with Crippen LogP contribution in [0.2, 0.25) is 0 Å². The van der Waals surface area contributed by atoms with Crippen molar-refractivity contribution in [2.45, 2.75) is 12.5 Å². The molecule has 4 nitrogen and oxygen atoms in total. The molecule has 0 spiro atoms. The molecule has 3 N–H and O–H groups in total. The first-order valence-electron chi connectivity index (χ1n) is 5.32. The standard InChI is InChI=1S/C11H13F2N3O/c12-10(13)6-15-11(17)9-5-14-7-3-1-2-4-8(7)16-9/h1-4,9-10,14,16H,5-6H2,(H,15,17). The van der Waals surface area contributed by atoms with Gasteiger partial charge in [0.1, 0.15) is 6.04 Å². The summed E-state index contributed by atoms with van der Waals surface area (Å²) in [5, 5.41) is 8.26. The molecule has 1 heterocycles. The minimum Gasteiger partial charge on any atom is -0.381 e. The Kier molecular flexibility index (Phi) is 3.41. The molecule has 1 unspecified atom stereocenters. The SMILES string of the molecule is O=C(NCC(F)F)C1CNc2ccccc2N1. The van der Waals surface area contributed by atoms with Gasteiger partial charge in [-0.2, -0.15) is 0 Å². The fourth-order valence-electron chi connectivity index (χ4n) is 1.67. The third-order valence-electron chi connectivity index (χ3n) is 2.50. The van der Waals surface area contributed by atoms with Gasteiger partial charge in [-0.1, -0.05) is 12.1 Å². The van der Waals surface area contributed by atoms with Crippen molar-refractivity contribution < 1.29 is 13.6 Å². The van der Waals surface area contributed by atoms with Crippen LogP contribution in [0.3, 0.4) is 0 Å². The average molecular weight is 241 g/mol. The number of anilines is 2. The van der Waals surface area contributed by atoms with Crippen LogP contribution in [-0.2, 0) is 4.79 Å². The van der Waals surface area contributed by atoms with Gasteiger partial charge in [0, 0.05) is 6.54 Å². The topological polar surface area (TPSA) is 53.2 Å². The van der Waals surface area contributed by atoms with E-state index in [4.69, 9.17) is 0 Å². The van der Waals surface area contributed by atoms with Gasteiger partial charge in [0.2, 0.25) is 5.91 Å². The molecule has 2 rings (SSSR count). The minimum atomic E-state index is -2.53. The van der Waals surface area contributed by atoms with E-state index in [1.165, 1.54) is 0 Å². The zero-order valence-electron chi connectivity index (χ0n) is 9.04. The van der Waals surface area contributed by atoms with E-state index in [1.807, 2.05) is 24.3 Å². The van der Waals surface area contributed by atoms with Crippen molar-refractivity contribution in [2.24, 2.45) is 0 Å². The molecule has 0 saturated carbocycles. The summed E-state index contributed by atoms with van der Waals surface area (Å²) in [6.07, 6.45) is -2.53. The monoisotopic (exact) mass is 241 g/mol. The smallest absolute Gasteiger partial charge is 0.255 e. The fraction of sp³-hybridized carbons (Fsp3) is 0.364. The number of hydrogen-bond acceptors (Lipinski definition) is 3. The van der Waals surface area contributed by atoms with Gasteiger partial charge in [0.05, 0.1) is 17.9 Å². The molecule has 0 aromatic heterocycles. The van der Waals surface area contributed by atoms with E-state index < -0.39 is 24.9 Å². The molecule has 0 saturated heterocycles. The van der Waals surface area contributed by atoms with Gasteiger partial charge in [0.25, 0.3) is 6.43 Å². The summed E-state index contributed by atoms with van der Waals surface area (Å²) in [7, 11) is 0. The first kappa shape index (κ1) is 11.6. The summed E-state index contributed by atoms with van der Waals surface area (Å²) >= 11 is 0. The lowest BCUT2D eigenvalue weighted by atomic mass is 10.1. The van der Waals surface area contributed by atoms with Crippen LogP contribution in [0.1, 0.15) is 0 Å². The molecule has 1 aliphatic rings. The molecular formula is C11H13F2N3O. The van der Waals surface area contributed by atoms with Gasteiger partial charge in [-0.25, -0.2) is 8.78 Å². The second kappa shape index (κ2) is 4.99. The third kappa shape index (κ3) is 2.83. The summed E-state index contributed by atoms with van der Waals surface area (Å²) in [4.78, 5) is 11.6. The third-order valence-corrected chi connectivity index (χ3v) is 2.50. The Morgan fingerprint density at radius 1 is 1.41 bits per heavy atom. The van der Waals surface area contributed by atoms with E-state index in [0.29, 0.717) is 6.54 Å². The van der Waals surface area contributed by atoms with Crippen molar-refractivity contribution in [1.82, 2.24) is 5.32 Å². The Bertz CT molecular complexity index is 411. The van der Waals surface area contributed by atoms with E-state index in [-0.39, 0.29) is 0 Å². The molecule has 0 bridgehead atoms. The van der Waals surface area contributed by atoms with Gasteiger partial charge in [-0.05, 0) is 12.1 Å². The molecule has 1 aromatic rings. The predicted molar refractivity (Wildman–Crippen MR) is 61.4 cm³/mol. The molecule has 92 valence electrons. The van der Waals surface area contributed by atoms with E-state index >= 15 is 0 Å². The number of nitrogens with one attached hydrogen (secondary N) is 3. The maximum absolute atomic E-state index is 12.0. The molecule has 6 heteroatoms. The van der Waals surface area contributed by atoms with Gasteiger partial charge in [0.15, 0.2) is 0 Å². The number of fused-ring (bicyclic) bond motifs is 1. The largest absolute Gasteiger partial charge is 0.381 e. The van der Waals surface area contributed by atoms with Gasteiger partial charge >= 0.3 is 0 Å². The lowest BCUT2D eigenvalue weighted by molar-refractivity contribution is -0.122. The second-order valence-corrected chi connectivity index (χ2v) is 3.76. The second-order valence-electron chi connectivity index (χ2n) is 3.76. The highest BCUT2D eigenvalue weighted by molar-refractivity contribution is 5.88. The normalized spacial score (nSPS) is 17.9. The zero-order valence-corrected chi connectivity index (χ0v) is 9.04. The summed E-state index contributed by atoms with van der Waals surface area (Å²) in [5.41, 5.74) is 1.71. The van der Waals surface area contributed by atoms with Crippen LogP contribution < -0.4 is 16.0 Å². The summed E-state index contributed by atoms with van der Waals surface area (Å²) in [6, 6.07) is 6.91. The molecule has 0 fully saturated rings. The highest BCUT2D eigenvalue weighted by Crippen LogP contribution is 2.24. The van der Waals surface area contributed by atoms with Crippen LogP contribution in [0.25, 0.3) is 0 Å². The highest BCUT2D eigenvalue weighted by atomic mass is 19.3. The summed E-state index contributed by atoms with van der Waals surface area (Å²) in [6.45, 7) is -0.231. The van der Waals surface area contributed by atoms with Crippen molar-refractivity contribution in [3.8, 4) is 0 Å². The van der Waals surface area contributed by atoms with Crippen molar-refractivity contribution in [1.29, 1.82) is 0 Å². The molecule has 1 amide bonds. The van der Waals surface area contributed by atoms with Crippen molar-refractivity contribution in [3.63, 3.8) is 0 Å². The van der Waals surface area contributed by atoms with E-state index in [9.17, 15) is 13.6 Å². The van der Waals surface area contributed by atoms with Crippen LogP contribution >= 0.6 is 0 Å². The maximum atomic E-state index is 12.0. The Morgan fingerprint density at radius 2 is 2.12 bits per heavy atom. The maximum Gasteiger partial charge on any atom is 0.255 e. The quantitative estimate of drug-likeness (QED) is 0.747. The molecular weight excluding hydrogens is 228 g/mol. The first-order valence-corrected chi connectivity index (χ1v) is 5.32. The van der Waals surface area contributed by atoms with E-state index in [1.54, 1.807) is 0 Å². The van der Waals surface area contributed by atoms with Crippen molar-refractivity contribution >= 4 is 17.3 Å². The van der Waals surface area contributed by atoms with Crippen LogP contribution in [-0.4, -0.2) is 31.5 Å². The van der Waals surface area contributed by atoms with Crippen molar-refractivity contribution in [3.05, 3.63) is 24.3 Å². The number of alkyl halides is 2. The van der Waals surface area contributed by atoms with Crippen LogP contribution in [0.4, 0.5) is 20.2 Å². The number of amides is 1. The van der Waals surface area contributed by atoms with Gasteiger partial charge in [-0.3, -0.25) is 4.79 Å². The Morgan fingerprint density at radius 3 is 2.82 bits per heavy atom. The lowest BCUT2D eigenvalue weighted by Crippen LogP contribution is -2.47. The number of carbonyl (C=O) groups is 1. The number of para-hydroxylation sites is 2. The Labute approximate surface area is 97.4 Å². The van der Waals surface area contributed by atoms with E-state index in [2.05, 4.69) is 16.0 Å². The predicted octanol–water partition coefficient (Wildman–Crippen LogP) is 1.27. The zero-order chi connectivity index (χ0) is 12.3. The van der Waals surface area contributed by atoms with Gasteiger partial charge < -0.3 is 16.0 Å².